The Labute approximate surface area is 179 Å². The van der Waals surface area contributed by atoms with Gasteiger partial charge in [0.15, 0.2) is 5.84 Å². The molecule has 4 rings (SSSR count). The second-order valence-electron chi connectivity index (χ2n) is 7.21. The number of benzene rings is 1. The van der Waals surface area contributed by atoms with E-state index in [0.29, 0.717) is 66.4 Å². The van der Waals surface area contributed by atoms with Crippen LogP contribution in [0.2, 0.25) is 0 Å². The molecule has 0 bridgehead atoms. The number of hydrogen-bond acceptors (Lipinski definition) is 5. The normalized spacial score (nSPS) is 13.8. The Morgan fingerprint density at radius 2 is 2.10 bits per heavy atom. The lowest BCUT2D eigenvalue weighted by Crippen LogP contribution is -2.38. The number of aryl methyl sites for hydroxylation is 2. The van der Waals surface area contributed by atoms with E-state index >= 15 is 0 Å². The van der Waals surface area contributed by atoms with Gasteiger partial charge in [0.05, 0.1) is 24.4 Å². The SMILES string of the molecule is CCOc1nc(C)nc2c1CN(C(=NC=N)c1[nH]c(C)nc1-c1ccccc1F)CC2. The zero-order valence-corrected chi connectivity index (χ0v) is 17.7. The Morgan fingerprint density at radius 3 is 2.84 bits per heavy atom. The van der Waals surface area contributed by atoms with E-state index in [2.05, 4.69) is 24.9 Å². The summed E-state index contributed by atoms with van der Waals surface area (Å²) in [6.07, 6.45) is 1.67. The average Bonchev–Trinajstić information content (AvgIpc) is 3.13. The first-order chi connectivity index (χ1) is 15.0. The lowest BCUT2D eigenvalue weighted by atomic mass is 10.0. The van der Waals surface area contributed by atoms with E-state index in [1.165, 1.54) is 6.07 Å². The van der Waals surface area contributed by atoms with Gasteiger partial charge in [-0.05, 0) is 32.9 Å². The minimum absolute atomic E-state index is 0.365. The molecule has 3 aromatic rings. The van der Waals surface area contributed by atoms with Gasteiger partial charge in [-0.15, -0.1) is 0 Å². The molecule has 0 spiro atoms. The van der Waals surface area contributed by atoms with Gasteiger partial charge in [0.2, 0.25) is 5.88 Å². The molecule has 31 heavy (non-hydrogen) atoms. The fraction of sp³-hybridized carbons (Fsp3) is 0.318. The average molecular weight is 421 g/mol. The van der Waals surface area contributed by atoms with E-state index < -0.39 is 0 Å². The number of nitrogens with zero attached hydrogens (tertiary/aromatic N) is 5. The van der Waals surface area contributed by atoms with Crippen molar-refractivity contribution in [3.63, 3.8) is 0 Å². The first kappa shape index (κ1) is 20.6. The fourth-order valence-electron chi connectivity index (χ4n) is 3.81. The third-order valence-electron chi connectivity index (χ3n) is 5.08. The molecule has 9 heteroatoms. The maximum atomic E-state index is 14.5. The Bertz CT molecular complexity index is 1150. The number of rotatable bonds is 5. The van der Waals surface area contributed by atoms with Crippen LogP contribution < -0.4 is 4.74 Å². The molecule has 0 unspecified atom stereocenters. The number of amidine groups is 1. The number of imidazole rings is 1. The number of hydrogen-bond donors (Lipinski definition) is 2. The lowest BCUT2D eigenvalue weighted by molar-refractivity contribution is 0.304. The second-order valence-corrected chi connectivity index (χ2v) is 7.21. The number of nitrogens with one attached hydrogen (secondary N) is 2. The highest BCUT2D eigenvalue weighted by atomic mass is 19.1. The molecule has 0 atom stereocenters. The molecule has 2 N–H and O–H groups in total. The summed E-state index contributed by atoms with van der Waals surface area (Å²) in [5.41, 5.74) is 3.27. The second kappa shape index (κ2) is 8.63. The molecule has 160 valence electrons. The van der Waals surface area contributed by atoms with Crippen LogP contribution in [0.3, 0.4) is 0 Å². The summed E-state index contributed by atoms with van der Waals surface area (Å²) in [6.45, 7) is 7.18. The van der Waals surface area contributed by atoms with Gasteiger partial charge in [-0.1, -0.05) is 12.1 Å². The minimum Gasteiger partial charge on any atom is -0.478 e. The van der Waals surface area contributed by atoms with Crippen molar-refractivity contribution < 1.29 is 9.13 Å². The highest BCUT2D eigenvalue weighted by Crippen LogP contribution is 2.30. The van der Waals surface area contributed by atoms with Gasteiger partial charge >= 0.3 is 0 Å². The monoisotopic (exact) mass is 421 g/mol. The zero-order valence-electron chi connectivity index (χ0n) is 17.7. The van der Waals surface area contributed by atoms with Crippen molar-refractivity contribution in [1.29, 1.82) is 5.41 Å². The quantitative estimate of drug-likeness (QED) is 0.485. The van der Waals surface area contributed by atoms with Crippen LogP contribution in [-0.2, 0) is 13.0 Å². The van der Waals surface area contributed by atoms with Crippen LogP contribution in [0.1, 0.15) is 35.5 Å². The predicted octanol–water partition coefficient (Wildman–Crippen LogP) is 3.43. The third kappa shape index (κ3) is 4.03. The van der Waals surface area contributed by atoms with Gasteiger partial charge in [-0.2, -0.15) is 4.98 Å². The van der Waals surface area contributed by atoms with Crippen molar-refractivity contribution in [2.24, 2.45) is 4.99 Å². The number of ether oxygens (including phenoxy) is 1. The van der Waals surface area contributed by atoms with Gasteiger partial charge in [0.1, 0.15) is 35.2 Å². The smallest absolute Gasteiger partial charge is 0.221 e. The van der Waals surface area contributed by atoms with E-state index in [1.54, 1.807) is 18.2 Å². The van der Waals surface area contributed by atoms with Crippen molar-refractivity contribution in [1.82, 2.24) is 24.8 Å². The van der Waals surface area contributed by atoms with Crippen LogP contribution in [0.4, 0.5) is 4.39 Å². The molecule has 0 radical (unpaired) electrons. The van der Waals surface area contributed by atoms with Gasteiger partial charge in [-0.25, -0.2) is 19.4 Å². The van der Waals surface area contributed by atoms with Gasteiger partial charge < -0.3 is 14.6 Å². The molecule has 0 fully saturated rings. The van der Waals surface area contributed by atoms with Crippen LogP contribution >= 0.6 is 0 Å². The molecule has 0 saturated heterocycles. The predicted molar refractivity (Wildman–Crippen MR) is 116 cm³/mol. The highest BCUT2D eigenvalue weighted by molar-refractivity contribution is 6.05. The van der Waals surface area contributed by atoms with Crippen LogP contribution in [-0.4, -0.2) is 50.2 Å². The summed E-state index contributed by atoms with van der Waals surface area (Å²) in [4.78, 5) is 23.1. The maximum absolute atomic E-state index is 14.5. The van der Waals surface area contributed by atoms with E-state index in [1.807, 2.05) is 25.7 Å². The summed E-state index contributed by atoms with van der Waals surface area (Å²) in [5.74, 6) is 2.03. The van der Waals surface area contributed by atoms with Crippen molar-refractivity contribution in [3.8, 4) is 17.1 Å². The van der Waals surface area contributed by atoms with Crippen molar-refractivity contribution in [2.45, 2.75) is 33.7 Å². The zero-order chi connectivity index (χ0) is 22.0. The van der Waals surface area contributed by atoms with Gasteiger partial charge in [0.25, 0.3) is 0 Å². The van der Waals surface area contributed by atoms with Gasteiger partial charge in [-0.3, -0.25) is 5.41 Å². The number of aliphatic imine (C=N–C) groups is 1. The van der Waals surface area contributed by atoms with Crippen molar-refractivity contribution in [3.05, 3.63) is 58.7 Å². The molecule has 3 heterocycles. The molecular formula is C22H24FN7O. The molecule has 0 aliphatic carbocycles. The van der Waals surface area contributed by atoms with E-state index in [4.69, 9.17) is 10.1 Å². The summed E-state index contributed by atoms with van der Waals surface area (Å²) < 4.78 is 20.3. The number of aromatic amines is 1. The fourth-order valence-corrected chi connectivity index (χ4v) is 3.81. The standard InChI is InChI=1S/C22H24FN7O/c1-4-31-22-16-11-30(10-9-18(16)26-13(2)29-22)21(25-12-24)20-19(27-14(3)28-20)15-7-5-6-8-17(15)23/h5-8,12,24H,4,9-11H2,1-3H3,(H,27,28). The Hall–Kier alpha value is -3.62. The summed E-state index contributed by atoms with van der Waals surface area (Å²) in [6, 6.07) is 6.50. The molecular weight excluding hydrogens is 397 g/mol. The molecule has 1 aliphatic heterocycles. The van der Waals surface area contributed by atoms with Crippen molar-refractivity contribution in [2.75, 3.05) is 13.2 Å². The maximum Gasteiger partial charge on any atom is 0.221 e. The number of fused-ring (bicyclic) bond motifs is 1. The summed E-state index contributed by atoms with van der Waals surface area (Å²) in [7, 11) is 0. The molecule has 2 aromatic heterocycles. The van der Waals surface area contributed by atoms with Gasteiger partial charge in [0, 0.05) is 18.5 Å². The van der Waals surface area contributed by atoms with E-state index in [-0.39, 0.29) is 5.82 Å². The minimum atomic E-state index is -0.365. The number of H-pyrrole nitrogens is 1. The van der Waals surface area contributed by atoms with Crippen LogP contribution in [0.25, 0.3) is 11.3 Å². The molecule has 0 amide bonds. The first-order valence-corrected chi connectivity index (χ1v) is 10.1. The Kier molecular flexibility index (Phi) is 5.75. The number of aromatic nitrogens is 4. The van der Waals surface area contributed by atoms with E-state index in [9.17, 15) is 4.39 Å². The molecule has 1 aromatic carbocycles. The number of halogens is 1. The topological polar surface area (TPSA) is 103 Å². The molecule has 0 saturated carbocycles. The summed E-state index contributed by atoms with van der Waals surface area (Å²) >= 11 is 0. The largest absolute Gasteiger partial charge is 0.478 e. The highest BCUT2D eigenvalue weighted by Gasteiger charge is 2.28. The summed E-state index contributed by atoms with van der Waals surface area (Å²) in [5, 5.41) is 7.61. The van der Waals surface area contributed by atoms with Crippen LogP contribution in [0.5, 0.6) is 5.88 Å². The van der Waals surface area contributed by atoms with Crippen LogP contribution in [0.15, 0.2) is 29.3 Å². The molecule has 8 nitrogen and oxygen atoms in total. The lowest BCUT2D eigenvalue weighted by Gasteiger charge is -2.31. The third-order valence-corrected chi connectivity index (χ3v) is 5.08. The Balaban J connectivity index is 1.77. The Morgan fingerprint density at radius 1 is 1.29 bits per heavy atom. The van der Waals surface area contributed by atoms with E-state index in [0.717, 1.165) is 17.6 Å². The first-order valence-electron chi connectivity index (χ1n) is 10.1. The van der Waals surface area contributed by atoms with Crippen molar-refractivity contribution >= 4 is 12.2 Å². The molecule has 1 aliphatic rings. The van der Waals surface area contributed by atoms with Crippen LogP contribution in [0, 0.1) is 25.1 Å².